The highest BCUT2D eigenvalue weighted by Crippen LogP contribution is 2.32. The first-order chi connectivity index (χ1) is 22.2. The maximum Gasteiger partial charge on any atom is 0.407 e. The second kappa shape index (κ2) is 20.7. The SMILES string of the molecule is COCCCOc1cc(CC(CC(NC(=O)OC(C)(C)C)C(O)CC(C(=O)NCCN2CCOCC2)C(C)C)C(C)C)ccc1OC. The van der Waals surface area contributed by atoms with Crippen LogP contribution in [0, 0.1) is 23.7 Å². The summed E-state index contributed by atoms with van der Waals surface area (Å²) in [5, 5.41) is 17.7. The lowest BCUT2D eigenvalue weighted by atomic mass is 9.80. The van der Waals surface area contributed by atoms with Gasteiger partial charge >= 0.3 is 6.09 Å². The van der Waals surface area contributed by atoms with E-state index in [9.17, 15) is 14.7 Å². The fourth-order valence-electron chi connectivity index (χ4n) is 5.74. The standard InChI is InChI=1S/C36H63N3O8/c1-25(2)28(21-27-11-12-32(44-9)33(22-27)46-18-10-17-43-8)23-30(38-35(42)47-36(5,6)7)31(40)24-29(26(3)4)34(41)37-13-14-39-15-19-45-20-16-39/h11-12,22,25-26,28-31,40H,10,13-21,23-24H2,1-9H3,(H,37,41)(H,38,42). The summed E-state index contributed by atoms with van der Waals surface area (Å²) in [6, 6.07) is 5.32. The fourth-order valence-corrected chi connectivity index (χ4v) is 5.74. The lowest BCUT2D eigenvalue weighted by molar-refractivity contribution is -0.127. The van der Waals surface area contributed by atoms with Gasteiger partial charge in [-0.25, -0.2) is 4.79 Å². The van der Waals surface area contributed by atoms with Crippen molar-refractivity contribution < 1.29 is 38.4 Å². The van der Waals surface area contributed by atoms with Crippen molar-refractivity contribution in [2.24, 2.45) is 23.7 Å². The first-order valence-corrected chi connectivity index (χ1v) is 17.3. The van der Waals surface area contributed by atoms with E-state index in [0.29, 0.717) is 57.3 Å². The molecule has 4 unspecified atom stereocenters. The van der Waals surface area contributed by atoms with Crippen molar-refractivity contribution >= 4 is 12.0 Å². The minimum absolute atomic E-state index is 0.00211. The quantitative estimate of drug-likeness (QED) is 0.170. The van der Waals surface area contributed by atoms with E-state index < -0.39 is 29.8 Å². The van der Waals surface area contributed by atoms with Gasteiger partial charge in [-0.05, 0) is 75.5 Å². The lowest BCUT2D eigenvalue weighted by Gasteiger charge is -2.33. The van der Waals surface area contributed by atoms with E-state index in [1.807, 2.05) is 52.8 Å². The normalized spacial score (nSPS) is 16.8. The molecule has 0 bridgehead atoms. The highest BCUT2D eigenvalue weighted by molar-refractivity contribution is 5.79. The molecule has 11 heteroatoms. The molecule has 0 spiro atoms. The number of methoxy groups -OCH3 is 2. The van der Waals surface area contributed by atoms with Gasteiger partial charge in [0.15, 0.2) is 11.5 Å². The van der Waals surface area contributed by atoms with Crippen LogP contribution >= 0.6 is 0 Å². The highest BCUT2D eigenvalue weighted by Gasteiger charge is 2.33. The Morgan fingerprint density at radius 3 is 2.30 bits per heavy atom. The van der Waals surface area contributed by atoms with Crippen LogP contribution in [-0.2, 0) is 25.4 Å². The van der Waals surface area contributed by atoms with Gasteiger partial charge in [-0.2, -0.15) is 0 Å². The topological polar surface area (TPSA) is 128 Å². The minimum Gasteiger partial charge on any atom is -0.493 e. The predicted molar refractivity (Wildman–Crippen MR) is 184 cm³/mol. The van der Waals surface area contributed by atoms with Gasteiger partial charge in [0.1, 0.15) is 5.60 Å². The largest absolute Gasteiger partial charge is 0.493 e. The number of alkyl carbamates (subject to hydrolysis) is 1. The number of nitrogens with one attached hydrogen (secondary N) is 2. The summed E-state index contributed by atoms with van der Waals surface area (Å²) in [4.78, 5) is 28.6. The van der Waals surface area contributed by atoms with Crippen LogP contribution in [0.4, 0.5) is 4.79 Å². The third-order valence-corrected chi connectivity index (χ3v) is 8.61. The molecule has 1 aromatic carbocycles. The zero-order chi connectivity index (χ0) is 35.0. The summed E-state index contributed by atoms with van der Waals surface area (Å²) in [6.07, 6.45) is 0.627. The molecule has 11 nitrogen and oxygen atoms in total. The lowest BCUT2D eigenvalue weighted by Crippen LogP contribution is -2.49. The number of ether oxygens (including phenoxy) is 5. The average molecular weight is 666 g/mol. The molecule has 2 amide bonds. The Balaban J connectivity index is 2.20. The second-order valence-corrected chi connectivity index (χ2v) is 14.3. The number of hydrogen-bond donors (Lipinski definition) is 3. The number of amides is 2. The average Bonchev–Trinajstić information content (AvgIpc) is 3.00. The van der Waals surface area contributed by atoms with Crippen LogP contribution in [0.5, 0.6) is 11.5 Å². The molecule has 1 aliphatic rings. The number of aliphatic hydroxyl groups excluding tert-OH is 1. The predicted octanol–water partition coefficient (Wildman–Crippen LogP) is 4.68. The summed E-state index contributed by atoms with van der Waals surface area (Å²) in [5.74, 6) is 1.16. The number of hydrogen-bond acceptors (Lipinski definition) is 9. The zero-order valence-corrected chi connectivity index (χ0v) is 30.4. The molecule has 270 valence electrons. The molecule has 0 saturated carbocycles. The smallest absolute Gasteiger partial charge is 0.407 e. The van der Waals surface area contributed by atoms with Crippen LogP contribution in [0.25, 0.3) is 0 Å². The van der Waals surface area contributed by atoms with Crippen molar-refractivity contribution in [2.75, 3.05) is 66.8 Å². The molecule has 47 heavy (non-hydrogen) atoms. The van der Waals surface area contributed by atoms with Gasteiger partial charge < -0.3 is 39.4 Å². The van der Waals surface area contributed by atoms with Gasteiger partial charge in [-0.15, -0.1) is 0 Å². The van der Waals surface area contributed by atoms with Gasteiger partial charge in [0, 0.05) is 52.2 Å². The van der Waals surface area contributed by atoms with E-state index >= 15 is 0 Å². The number of carbonyl (C=O) groups excluding carboxylic acids is 2. The summed E-state index contributed by atoms with van der Waals surface area (Å²) in [5.41, 5.74) is 0.372. The first kappa shape index (κ1) is 40.6. The molecule has 0 aromatic heterocycles. The Morgan fingerprint density at radius 1 is 1.00 bits per heavy atom. The number of carbonyl (C=O) groups is 2. The monoisotopic (exact) mass is 665 g/mol. The summed E-state index contributed by atoms with van der Waals surface area (Å²) < 4.78 is 27.7. The summed E-state index contributed by atoms with van der Waals surface area (Å²) >= 11 is 0. The van der Waals surface area contributed by atoms with E-state index in [2.05, 4.69) is 29.4 Å². The van der Waals surface area contributed by atoms with Crippen molar-refractivity contribution in [1.29, 1.82) is 0 Å². The van der Waals surface area contributed by atoms with E-state index in [1.165, 1.54) is 0 Å². The molecule has 1 aliphatic heterocycles. The molecule has 1 saturated heterocycles. The van der Waals surface area contributed by atoms with Crippen LogP contribution in [-0.4, -0.2) is 107 Å². The van der Waals surface area contributed by atoms with E-state index in [-0.39, 0.29) is 30.1 Å². The van der Waals surface area contributed by atoms with Gasteiger partial charge in [-0.1, -0.05) is 33.8 Å². The Kier molecular flexibility index (Phi) is 17.9. The molecule has 4 atom stereocenters. The summed E-state index contributed by atoms with van der Waals surface area (Å²) in [6.45, 7) is 19.2. The van der Waals surface area contributed by atoms with Gasteiger partial charge in [0.05, 0.1) is 39.1 Å². The number of nitrogens with zero attached hydrogens (tertiary/aromatic N) is 1. The third kappa shape index (κ3) is 15.4. The molecule has 3 N–H and O–H groups in total. The van der Waals surface area contributed by atoms with Gasteiger partial charge in [0.2, 0.25) is 5.91 Å². The maximum atomic E-state index is 13.4. The van der Waals surface area contributed by atoms with Gasteiger partial charge in [-0.3, -0.25) is 9.69 Å². The molecule has 0 radical (unpaired) electrons. The van der Waals surface area contributed by atoms with Crippen LogP contribution in [0.3, 0.4) is 0 Å². The summed E-state index contributed by atoms with van der Waals surface area (Å²) in [7, 11) is 3.29. The van der Waals surface area contributed by atoms with E-state index in [4.69, 9.17) is 23.7 Å². The second-order valence-electron chi connectivity index (χ2n) is 14.3. The van der Waals surface area contributed by atoms with Gasteiger partial charge in [0.25, 0.3) is 0 Å². The first-order valence-electron chi connectivity index (χ1n) is 17.3. The fraction of sp³-hybridized carbons (Fsp3) is 0.778. The molecular formula is C36H63N3O8. The van der Waals surface area contributed by atoms with Crippen molar-refractivity contribution in [3.63, 3.8) is 0 Å². The Morgan fingerprint density at radius 2 is 1.70 bits per heavy atom. The van der Waals surface area contributed by atoms with Crippen LogP contribution < -0.4 is 20.1 Å². The molecular weight excluding hydrogens is 602 g/mol. The molecule has 1 aromatic rings. The van der Waals surface area contributed by atoms with Crippen molar-refractivity contribution in [3.8, 4) is 11.5 Å². The number of rotatable bonds is 20. The number of aliphatic hydroxyl groups is 1. The Hall–Kier alpha value is -2.60. The maximum absolute atomic E-state index is 13.4. The van der Waals surface area contributed by atoms with Crippen molar-refractivity contribution in [1.82, 2.24) is 15.5 Å². The molecule has 1 fully saturated rings. The molecule has 1 heterocycles. The molecule has 0 aliphatic carbocycles. The van der Waals surface area contributed by atoms with Crippen molar-refractivity contribution in [3.05, 3.63) is 23.8 Å². The van der Waals surface area contributed by atoms with E-state index in [0.717, 1.165) is 31.6 Å². The number of morpholine rings is 1. The third-order valence-electron chi connectivity index (χ3n) is 8.61. The van der Waals surface area contributed by atoms with Crippen LogP contribution in [0.1, 0.15) is 73.3 Å². The number of benzene rings is 1. The minimum atomic E-state index is -0.961. The Bertz CT molecular complexity index is 1060. The zero-order valence-electron chi connectivity index (χ0n) is 30.4. The Labute approximate surface area is 283 Å². The van der Waals surface area contributed by atoms with Crippen LogP contribution in [0.15, 0.2) is 18.2 Å². The van der Waals surface area contributed by atoms with Crippen LogP contribution in [0.2, 0.25) is 0 Å². The molecule has 2 rings (SSSR count). The highest BCUT2D eigenvalue weighted by atomic mass is 16.6. The van der Waals surface area contributed by atoms with Crippen molar-refractivity contribution in [2.45, 2.75) is 91.9 Å². The van der Waals surface area contributed by atoms with E-state index in [1.54, 1.807) is 14.2 Å².